The van der Waals surface area contributed by atoms with E-state index in [2.05, 4.69) is 0 Å². The number of ether oxygens (including phenoxy) is 2. The lowest BCUT2D eigenvalue weighted by molar-refractivity contribution is 0.0980. The minimum atomic E-state index is 0.152. The summed E-state index contributed by atoms with van der Waals surface area (Å²) in [5.41, 5.74) is 5.75. The highest BCUT2D eigenvalue weighted by Gasteiger charge is 2.06. The van der Waals surface area contributed by atoms with Gasteiger partial charge in [0.15, 0.2) is 11.6 Å². The molecule has 0 aliphatic rings. The predicted molar refractivity (Wildman–Crippen MR) is 144 cm³/mol. The van der Waals surface area contributed by atoms with Crippen LogP contribution in [-0.4, -0.2) is 24.8 Å². The van der Waals surface area contributed by atoms with Crippen LogP contribution in [0.3, 0.4) is 0 Å². The van der Waals surface area contributed by atoms with Gasteiger partial charge in [-0.25, -0.2) is 0 Å². The molecule has 4 heteroatoms. The summed E-state index contributed by atoms with van der Waals surface area (Å²) in [5, 5.41) is 0. The molecule has 0 fully saturated rings. The summed E-state index contributed by atoms with van der Waals surface area (Å²) >= 11 is 0. The maximum Gasteiger partial charge on any atom is 0.162 e. The van der Waals surface area contributed by atoms with E-state index in [0.29, 0.717) is 26.1 Å². The first-order valence-corrected chi connectivity index (χ1v) is 12.3. The maximum atomic E-state index is 11.8. The lowest BCUT2D eigenvalue weighted by atomic mass is 10.0. The first-order chi connectivity index (χ1) is 17.6. The third-order valence-corrected chi connectivity index (χ3v) is 6.05. The fourth-order valence-electron chi connectivity index (χ4n) is 3.91. The Morgan fingerprint density at radius 1 is 0.472 bits per heavy atom. The highest BCUT2D eigenvalue weighted by atomic mass is 16.5. The van der Waals surface area contributed by atoms with Crippen LogP contribution in [-0.2, 0) is 0 Å². The molecular weight excluding hydrogens is 448 g/mol. The van der Waals surface area contributed by atoms with Crippen molar-refractivity contribution in [2.75, 3.05) is 13.2 Å². The topological polar surface area (TPSA) is 52.6 Å². The second kappa shape index (κ2) is 12.0. The minimum absolute atomic E-state index is 0.152. The zero-order chi connectivity index (χ0) is 25.3. The molecular formula is C32H30O4. The second-order valence-electron chi connectivity index (χ2n) is 8.45. The zero-order valence-electron chi connectivity index (χ0n) is 20.7. The molecule has 0 heterocycles. The highest BCUT2D eigenvalue weighted by Crippen LogP contribution is 2.25. The maximum absolute atomic E-state index is 11.8. The molecule has 36 heavy (non-hydrogen) atoms. The molecule has 0 bridgehead atoms. The molecule has 4 nitrogen and oxygen atoms in total. The number of ketones is 2. The number of rotatable bonds is 11. The molecule has 0 amide bonds. The number of benzene rings is 4. The van der Waals surface area contributed by atoms with Crippen molar-refractivity contribution in [1.29, 1.82) is 0 Å². The molecule has 0 N–H and O–H groups in total. The van der Waals surface area contributed by atoms with E-state index in [-0.39, 0.29) is 11.6 Å². The Morgan fingerprint density at radius 2 is 0.750 bits per heavy atom. The molecule has 4 aromatic rings. The summed E-state index contributed by atoms with van der Waals surface area (Å²) < 4.78 is 11.6. The lowest BCUT2D eigenvalue weighted by Crippen LogP contribution is -2.08. The first kappa shape index (κ1) is 24.9. The molecule has 0 aliphatic carbocycles. The highest BCUT2D eigenvalue weighted by molar-refractivity contribution is 5.96. The summed E-state index contributed by atoms with van der Waals surface area (Å²) in [4.78, 5) is 23.6. The van der Waals surface area contributed by atoms with Gasteiger partial charge in [0.05, 0.1) is 0 Å². The van der Waals surface area contributed by atoms with Crippen molar-refractivity contribution in [1.82, 2.24) is 0 Å². The molecule has 0 aromatic heterocycles. The number of Topliss-reactive ketones (excluding diaryl/α,β-unsaturated/α-hetero) is 2. The third-order valence-electron chi connectivity index (χ3n) is 6.05. The van der Waals surface area contributed by atoms with E-state index in [4.69, 9.17) is 9.47 Å². The van der Waals surface area contributed by atoms with Crippen LogP contribution in [0, 0.1) is 0 Å². The molecule has 4 aromatic carbocycles. The number of hydrogen-bond acceptors (Lipinski definition) is 4. The second-order valence-corrected chi connectivity index (χ2v) is 8.45. The molecule has 0 saturated carbocycles. The SMILES string of the molecule is CCC(=O)c1ccc(-c2ccc(OCCOc3ccc(-c4ccc(C(=O)CC)cc4)cc3)cc2)cc1. The Labute approximate surface area is 212 Å². The van der Waals surface area contributed by atoms with Gasteiger partial charge < -0.3 is 9.47 Å². The summed E-state index contributed by atoms with van der Waals surface area (Å²) in [5.74, 6) is 1.86. The molecule has 0 spiro atoms. The Bertz CT molecular complexity index is 1180. The Kier molecular flexibility index (Phi) is 8.30. The summed E-state index contributed by atoms with van der Waals surface area (Å²) in [6, 6.07) is 31.2. The van der Waals surface area contributed by atoms with E-state index in [1.807, 2.05) is 111 Å². The average molecular weight is 479 g/mol. The van der Waals surface area contributed by atoms with Gasteiger partial charge in [-0.05, 0) is 46.5 Å². The molecule has 0 unspecified atom stereocenters. The molecule has 4 rings (SSSR count). The van der Waals surface area contributed by atoms with Crippen LogP contribution in [0.1, 0.15) is 47.4 Å². The molecule has 0 atom stereocenters. The molecule has 182 valence electrons. The van der Waals surface area contributed by atoms with E-state index in [1.54, 1.807) is 0 Å². The predicted octanol–water partition coefficient (Wildman–Crippen LogP) is 7.66. The van der Waals surface area contributed by atoms with Crippen molar-refractivity contribution in [3.05, 3.63) is 108 Å². The van der Waals surface area contributed by atoms with Crippen LogP contribution >= 0.6 is 0 Å². The van der Waals surface area contributed by atoms with Crippen molar-refractivity contribution in [3.63, 3.8) is 0 Å². The standard InChI is InChI=1S/C32H30O4/c1-3-31(33)27-9-5-23(6-10-27)25-13-17-29(18-14-25)35-21-22-36-30-19-15-26(16-20-30)24-7-11-28(12-8-24)32(34)4-2/h5-20H,3-4,21-22H2,1-2H3. The normalized spacial score (nSPS) is 10.6. The number of hydrogen-bond donors (Lipinski definition) is 0. The monoisotopic (exact) mass is 478 g/mol. The minimum Gasteiger partial charge on any atom is -0.490 e. The van der Waals surface area contributed by atoms with Crippen LogP contribution in [0.2, 0.25) is 0 Å². The summed E-state index contributed by atoms with van der Waals surface area (Å²) in [6.07, 6.45) is 1.02. The van der Waals surface area contributed by atoms with E-state index < -0.39 is 0 Å². The van der Waals surface area contributed by atoms with Crippen molar-refractivity contribution < 1.29 is 19.1 Å². The van der Waals surface area contributed by atoms with Crippen LogP contribution in [0.15, 0.2) is 97.1 Å². The summed E-state index contributed by atoms with van der Waals surface area (Å²) in [6.45, 7) is 4.61. The van der Waals surface area contributed by atoms with Crippen molar-refractivity contribution in [3.8, 4) is 33.8 Å². The van der Waals surface area contributed by atoms with Gasteiger partial charge in [-0.2, -0.15) is 0 Å². The number of carbonyl (C=O) groups excluding carboxylic acids is 2. The van der Waals surface area contributed by atoms with E-state index in [9.17, 15) is 9.59 Å². The third kappa shape index (κ3) is 6.28. The molecule has 0 saturated heterocycles. The van der Waals surface area contributed by atoms with Gasteiger partial charge in [0.1, 0.15) is 24.7 Å². The molecule has 0 aliphatic heterocycles. The van der Waals surface area contributed by atoms with Crippen LogP contribution in [0.25, 0.3) is 22.3 Å². The van der Waals surface area contributed by atoms with Crippen molar-refractivity contribution in [2.45, 2.75) is 26.7 Å². The van der Waals surface area contributed by atoms with Crippen LogP contribution < -0.4 is 9.47 Å². The van der Waals surface area contributed by atoms with Gasteiger partial charge >= 0.3 is 0 Å². The van der Waals surface area contributed by atoms with E-state index in [1.165, 1.54) is 0 Å². The van der Waals surface area contributed by atoms with Crippen molar-refractivity contribution in [2.24, 2.45) is 0 Å². The zero-order valence-corrected chi connectivity index (χ0v) is 20.7. The average Bonchev–Trinajstić information content (AvgIpc) is 2.95. The van der Waals surface area contributed by atoms with Gasteiger partial charge in [-0.1, -0.05) is 86.6 Å². The van der Waals surface area contributed by atoms with Crippen LogP contribution in [0.5, 0.6) is 11.5 Å². The van der Waals surface area contributed by atoms with Gasteiger partial charge in [-0.15, -0.1) is 0 Å². The quantitative estimate of drug-likeness (QED) is 0.164. The van der Waals surface area contributed by atoms with Gasteiger partial charge in [-0.3, -0.25) is 9.59 Å². The fraction of sp³-hybridized carbons (Fsp3) is 0.188. The summed E-state index contributed by atoms with van der Waals surface area (Å²) in [7, 11) is 0. The largest absolute Gasteiger partial charge is 0.490 e. The van der Waals surface area contributed by atoms with Gasteiger partial charge in [0.2, 0.25) is 0 Å². The Hall–Kier alpha value is -4.18. The fourth-order valence-corrected chi connectivity index (χ4v) is 3.91. The van der Waals surface area contributed by atoms with E-state index >= 15 is 0 Å². The Morgan fingerprint density at radius 3 is 1.03 bits per heavy atom. The first-order valence-electron chi connectivity index (χ1n) is 12.3. The lowest BCUT2D eigenvalue weighted by Gasteiger charge is -2.10. The van der Waals surface area contributed by atoms with Gasteiger partial charge in [0, 0.05) is 24.0 Å². The van der Waals surface area contributed by atoms with Gasteiger partial charge in [0.25, 0.3) is 0 Å². The number of carbonyl (C=O) groups is 2. The van der Waals surface area contributed by atoms with E-state index in [0.717, 1.165) is 44.9 Å². The Balaban J connectivity index is 1.24. The molecule has 0 radical (unpaired) electrons. The van der Waals surface area contributed by atoms with Crippen LogP contribution in [0.4, 0.5) is 0 Å². The smallest absolute Gasteiger partial charge is 0.162 e. The van der Waals surface area contributed by atoms with Crippen molar-refractivity contribution >= 4 is 11.6 Å².